The molecule has 0 aliphatic rings. The van der Waals surface area contributed by atoms with E-state index in [0.717, 1.165) is 5.56 Å². The van der Waals surface area contributed by atoms with Gasteiger partial charge in [0.15, 0.2) is 6.61 Å². The van der Waals surface area contributed by atoms with Crippen molar-refractivity contribution >= 4 is 35.2 Å². The molecular weight excluding hydrogens is 370 g/mol. The van der Waals surface area contributed by atoms with Gasteiger partial charge in [0, 0.05) is 17.7 Å². The second-order valence-corrected chi connectivity index (χ2v) is 5.99. The number of hydrogen-bond acceptors (Lipinski definition) is 5. The Morgan fingerprint density at radius 1 is 1.11 bits per heavy atom. The molecule has 0 radical (unpaired) electrons. The molecule has 0 fully saturated rings. The van der Waals surface area contributed by atoms with Crippen molar-refractivity contribution in [3.63, 3.8) is 0 Å². The van der Waals surface area contributed by atoms with Crippen LogP contribution >= 0.6 is 11.6 Å². The summed E-state index contributed by atoms with van der Waals surface area (Å²) in [6.07, 6.45) is 2.76. The third-order valence-corrected chi connectivity index (χ3v) is 3.90. The van der Waals surface area contributed by atoms with Crippen LogP contribution in [-0.2, 0) is 14.3 Å². The Hall–Kier alpha value is -2.99. The van der Waals surface area contributed by atoms with Crippen molar-refractivity contribution in [2.75, 3.05) is 26.1 Å². The first-order valence-corrected chi connectivity index (χ1v) is 8.43. The Morgan fingerprint density at radius 3 is 2.56 bits per heavy atom. The van der Waals surface area contributed by atoms with Gasteiger partial charge in [0.2, 0.25) is 0 Å². The monoisotopic (exact) mass is 389 g/mol. The minimum Gasteiger partial charge on any atom is -0.497 e. The van der Waals surface area contributed by atoms with E-state index in [0.29, 0.717) is 27.8 Å². The van der Waals surface area contributed by atoms with E-state index < -0.39 is 18.5 Å². The van der Waals surface area contributed by atoms with Crippen LogP contribution in [0.3, 0.4) is 0 Å². The molecule has 0 atom stereocenters. The summed E-state index contributed by atoms with van der Waals surface area (Å²) in [7, 11) is 3.07. The van der Waals surface area contributed by atoms with Gasteiger partial charge in [-0.2, -0.15) is 0 Å². The molecule has 2 rings (SSSR count). The van der Waals surface area contributed by atoms with Crippen LogP contribution in [0.5, 0.6) is 11.5 Å². The number of amides is 1. The number of nitrogens with one attached hydrogen (secondary N) is 1. The molecule has 27 heavy (non-hydrogen) atoms. The molecule has 2 aromatic rings. The first-order chi connectivity index (χ1) is 12.9. The summed E-state index contributed by atoms with van der Waals surface area (Å²) in [5, 5.41) is 3.01. The fraction of sp³-hybridized carbons (Fsp3) is 0.200. The largest absolute Gasteiger partial charge is 0.497 e. The topological polar surface area (TPSA) is 73.9 Å². The van der Waals surface area contributed by atoms with E-state index in [2.05, 4.69) is 5.32 Å². The number of hydrogen-bond donors (Lipinski definition) is 1. The molecular formula is C20H20ClNO5. The van der Waals surface area contributed by atoms with Gasteiger partial charge in [-0.05, 0) is 42.8 Å². The van der Waals surface area contributed by atoms with Crippen LogP contribution in [0.25, 0.3) is 6.08 Å². The van der Waals surface area contributed by atoms with Gasteiger partial charge in [-0.25, -0.2) is 4.79 Å². The number of aryl methyl sites for hydroxylation is 1. The molecule has 1 N–H and O–H groups in total. The van der Waals surface area contributed by atoms with E-state index in [-0.39, 0.29) is 0 Å². The smallest absolute Gasteiger partial charge is 0.331 e. The predicted molar refractivity (Wildman–Crippen MR) is 104 cm³/mol. The zero-order valence-corrected chi connectivity index (χ0v) is 16.0. The number of rotatable bonds is 7. The molecule has 1 amide bonds. The number of carbonyl (C=O) groups excluding carboxylic acids is 2. The fourth-order valence-electron chi connectivity index (χ4n) is 2.21. The van der Waals surface area contributed by atoms with E-state index in [9.17, 15) is 9.59 Å². The highest BCUT2D eigenvalue weighted by atomic mass is 35.5. The number of ether oxygens (including phenoxy) is 3. The molecule has 2 aromatic carbocycles. The molecule has 0 spiro atoms. The van der Waals surface area contributed by atoms with Crippen molar-refractivity contribution in [1.82, 2.24) is 0 Å². The number of esters is 1. The van der Waals surface area contributed by atoms with E-state index in [1.165, 1.54) is 19.3 Å². The number of methoxy groups -OCH3 is 2. The number of halogens is 1. The Morgan fingerprint density at radius 2 is 1.89 bits per heavy atom. The Balaban J connectivity index is 1.90. The SMILES string of the molecule is COc1ccc(/C=C/C(=O)OCC(=O)Nc2ccc(C)cc2Cl)c(OC)c1. The van der Waals surface area contributed by atoms with Crippen molar-refractivity contribution in [2.24, 2.45) is 0 Å². The van der Waals surface area contributed by atoms with E-state index in [4.69, 9.17) is 25.8 Å². The molecule has 0 saturated heterocycles. The number of benzene rings is 2. The summed E-state index contributed by atoms with van der Waals surface area (Å²) in [6, 6.07) is 10.4. The summed E-state index contributed by atoms with van der Waals surface area (Å²) < 4.78 is 15.3. The average Bonchev–Trinajstić information content (AvgIpc) is 2.66. The zero-order valence-electron chi connectivity index (χ0n) is 15.2. The summed E-state index contributed by atoms with van der Waals surface area (Å²) in [5.74, 6) is 0.0470. The first kappa shape index (κ1) is 20.3. The minimum absolute atomic E-state index is 0.418. The van der Waals surface area contributed by atoms with Gasteiger partial charge in [0.1, 0.15) is 11.5 Å². The standard InChI is InChI=1S/C20H20ClNO5/c1-13-4-8-17(16(21)10-13)22-19(23)12-27-20(24)9-6-14-5-7-15(25-2)11-18(14)26-3/h4-11H,12H2,1-3H3,(H,22,23)/b9-6+. The van der Waals surface area contributed by atoms with Gasteiger partial charge >= 0.3 is 5.97 Å². The van der Waals surface area contributed by atoms with Gasteiger partial charge in [0.05, 0.1) is 24.9 Å². The van der Waals surface area contributed by atoms with Crippen LogP contribution in [-0.4, -0.2) is 32.7 Å². The molecule has 6 nitrogen and oxygen atoms in total. The second-order valence-electron chi connectivity index (χ2n) is 5.58. The van der Waals surface area contributed by atoms with Crippen LogP contribution in [0.1, 0.15) is 11.1 Å². The Kier molecular flexibility index (Phi) is 7.25. The summed E-state index contributed by atoms with van der Waals surface area (Å²) in [5.41, 5.74) is 2.11. The van der Waals surface area contributed by atoms with Crippen LogP contribution in [0.2, 0.25) is 5.02 Å². The molecule has 0 aromatic heterocycles. The van der Waals surface area contributed by atoms with Crippen molar-refractivity contribution in [1.29, 1.82) is 0 Å². The van der Waals surface area contributed by atoms with Gasteiger partial charge in [-0.3, -0.25) is 4.79 Å². The second kappa shape index (κ2) is 9.64. The maximum atomic E-state index is 11.9. The highest BCUT2D eigenvalue weighted by molar-refractivity contribution is 6.33. The first-order valence-electron chi connectivity index (χ1n) is 8.06. The molecule has 0 aliphatic carbocycles. The van der Waals surface area contributed by atoms with E-state index in [1.807, 2.05) is 13.0 Å². The van der Waals surface area contributed by atoms with Crippen molar-refractivity contribution < 1.29 is 23.8 Å². The summed E-state index contributed by atoms with van der Waals surface area (Å²) >= 11 is 6.05. The third-order valence-electron chi connectivity index (χ3n) is 3.58. The quantitative estimate of drug-likeness (QED) is 0.575. The lowest BCUT2D eigenvalue weighted by molar-refractivity contribution is -0.142. The van der Waals surface area contributed by atoms with E-state index >= 15 is 0 Å². The minimum atomic E-state index is -0.655. The highest BCUT2D eigenvalue weighted by Gasteiger charge is 2.09. The Bertz CT molecular complexity index is 863. The van der Waals surface area contributed by atoms with Gasteiger partial charge in [-0.1, -0.05) is 17.7 Å². The molecule has 0 saturated carbocycles. The normalized spacial score (nSPS) is 10.5. The lowest BCUT2D eigenvalue weighted by atomic mass is 10.2. The maximum Gasteiger partial charge on any atom is 0.331 e. The summed E-state index contributed by atoms with van der Waals surface area (Å²) in [6.45, 7) is 1.47. The number of anilines is 1. The van der Waals surface area contributed by atoms with Crippen LogP contribution in [0, 0.1) is 6.92 Å². The van der Waals surface area contributed by atoms with Crippen LogP contribution in [0.4, 0.5) is 5.69 Å². The van der Waals surface area contributed by atoms with Gasteiger partial charge in [-0.15, -0.1) is 0 Å². The third kappa shape index (κ3) is 6.04. The summed E-state index contributed by atoms with van der Waals surface area (Å²) in [4.78, 5) is 23.7. The van der Waals surface area contributed by atoms with Gasteiger partial charge in [0.25, 0.3) is 5.91 Å². The molecule has 0 unspecified atom stereocenters. The predicted octanol–water partition coefficient (Wildman–Crippen LogP) is 3.86. The number of carbonyl (C=O) groups is 2. The lowest BCUT2D eigenvalue weighted by Crippen LogP contribution is -2.20. The van der Waals surface area contributed by atoms with E-state index in [1.54, 1.807) is 37.4 Å². The molecule has 0 aliphatic heterocycles. The van der Waals surface area contributed by atoms with Crippen LogP contribution < -0.4 is 14.8 Å². The molecule has 0 heterocycles. The highest BCUT2D eigenvalue weighted by Crippen LogP contribution is 2.25. The molecule has 142 valence electrons. The van der Waals surface area contributed by atoms with Crippen LogP contribution in [0.15, 0.2) is 42.5 Å². The lowest BCUT2D eigenvalue weighted by Gasteiger charge is -2.08. The van der Waals surface area contributed by atoms with Crippen molar-refractivity contribution in [3.8, 4) is 11.5 Å². The van der Waals surface area contributed by atoms with Crippen molar-refractivity contribution in [3.05, 3.63) is 58.6 Å². The van der Waals surface area contributed by atoms with Crippen molar-refractivity contribution in [2.45, 2.75) is 6.92 Å². The average molecular weight is 390 g/mol. The van der Waals surface area contributed by atoms with Gasteiger partial charge < -0.3 is 19.5 Å². The maximum absolute atomic E-state index is 11.9. The molecule has 7 heteroatoms. The fourth-order valence-corrected chi connectivity index (χ4v) is 2.49. The molecule has 0 bridgehead atoms. The Labute approximate surface area is 162 Å². The zero-order chi connectivity index (χ0) is 19.8.